The average Bonchev–Trinajstić information content (AvgIpc) is 2.54. The van der Waals surface area contributed by atoms with Crippen molar-refractivity contribution in [2.75, 3.05) is 7.11 Å². The molecule has 2 aromatic carbocycles. The molecule has 0 saturated carbocycles. The predicted molar refractivity (Wildman–Crippen MR) is 85.7 cm³/mol. The lowest BCUT2D eigenvalue weighted by atomic mass is 10.0. The largest absolute Gasteiger partial charge is 0.497 e. The van der Waals surface area contributed by atoms with Crippen LogP contribution in [0.25, 0.3) is 0 Å². The van der Waals surface area contributed by atoms with E-state index in [4.69, 9.17) is 15.2 Å². The maximum absolute atomic E-state index is 6.06. The number of benzene rings is 2. The molecule has 0 saturated heterocycles. The van der Waals surface area contributed by atoms with E-state index in [1.807, 2.05) is 36.4 Å². The topological polar surface area (TPSA) is 44.5 Å². The van der Waals surface area contributed by atoms with Gasteiger partial charge in [-0.1, -0.05) is 43.3 Å². The summed E-state index contributed by atoms with van der Waals surface area (Å²) in [6.07, 6.45) is 1.76. The maximum atomic E-state index is 6.06. The van der Waals surface area contributed by atoms with Crippen molar-refractivity contribution in [2.24, 2.45) is 5.73 Å². The quantitative estimate of drug-likeness (QED) is 0.846. The van der Waals surface area contributed by atoms with Crippen molar-refractivity contribution in [3.8, 4) is 11.5 Å². The minimum atomic E-state index is 0.150. The lowest BCUT2D eigenvalue weighted by molar-refractivity contribution is 0.299. The lowest BCUT2D eigenvalue weighted by Gasteiger charge is -2.15. The number of hydrogen-bond donors (Lipinski definition) is 1. The van der Waals surface area contributed by atoms with Gasteiger partial charge in [-0.25, -0.2) is 0 Å². The molecule has 0 radical (unpaired) electrons. The Hall–Kier alpha value is -2.00. The summed E-state index contributed by atoms with van der Waals surface area (Å²) in [6.45, 7) is 2.64. The maximum Gasteiger partial charge on any atom is 0.126 e. The normalized spacial score (nSPS) is 12.0. The summed E-state index contributed by atoms with van der Waals surface area (Å²) < 4.78 is 11.3. The van der Waals surface area contributed by atoms with Gasteiger partial charge < -0.3 is 15.2 Å². The van der Waals surface area contributed by atoms with Crippen LogP contribution in [-0.4, -0.2) is 13.2 Å². The smallest absolute Gasteiger partial charge is 0.126 e. The van der Waals surface area contributed by atoms with Crippen LogP contribution in [0.4, 0.5) is 0 Å². The number of hydrogen-bond acceptors (Lipinski definition) is 3. The van der Waals surface area contributed by atoms with Crippen molar-refractivity contribution in [3.63, 3.8) is 0 Å². The molecule has 0 fully saturated rings. The van der Waals surface area contributed by atoms with Gasteiger partial charge in [-0.3, -0.25) is 0 Å². The molecule has 0 aliphatic rings. The molecule has 1 atom stereocenters. The lowest BCUT2D eigenvalue weighted by Crippen LogP contribution is -2.21. The molecule has 0 bridgehead atoms. The van der Waals surface area contributed by atoms with E-state index < -0.39 is 0 Å². The van der Waals surface area contributed by atoms with E-state index >= 15 is 0 Å². The summed E-state index contributed by atoms with van der Waals surface area (Å²) in [4.78, 5) is 0. The summed E-state index contributed by atoms with van der Waals surface area (Å²) in [5, 5.41) is 0. The van der Waals surface area contributed by atoms with Crippen molar-refractivity contribution in [3.05, 3.63) is 59.7 Å². The molecule has 1 unspecified atom stereocenters. The first-order chi connectivity index (χ1) is 10.2. The van der Waals surface area contributed by atoms with Gasteiger partial charge in [0.05, 0.1) is 7.11 Å². The van der Waals surface area contributed by atoms with Crippen molar-refractivity contribution in [2.45, 2.75) is 32.4 Å². The van der Waals surface area contributed by atoms with E-state index in [2.05, 4.69) is 19.1 Å². The summed E-state index contributed by atoms with van der Waals surface area (Å²) >= 11 is 0. The Bertz CT molecular complexity index is 554. The molecule has 0 aromatic heterocycles. The average molecular weight is 285 g/mol. The molecule has 2 aromatic rings. The van der Waals surface area contributed by atoms with Gasteiger partial charge >= 0.3 is 0 Å². The van der Waals surface area contributed by atoms with Crippen LogP contribution in [0.5, 0.6) is 11.5 Å². The van der Waals surface area contributed by atoms with Crippen molar-refractivity contribution < 1.29 is 9.47 Å². The minimum Gasteiger partial charge on any atom is -0.497 e. The molecule has 21 heavy (non-hydrogen) atoms. The molecular weight excluding hydrogens is 262 g/mol. The van der Waals surface area contributed by atoms with Gasteiger partial charge in [0, 0.05) is 12.1 Å². The number of rotatable bonds is 7. The second kappa shape index (κ2) is 7.70. The summed E-state index contributed by atoms with van der Waals surface area (Å²) in [5.74, 6) is 1.65. The van der Waals surface area contributed by atoms with Crippen LogP contribution in [0.15, 0.2) is 48.5 Å². The highest BCUT2D eigenvalue weighted by atomic mass is 16.5. The summed E-state index contributed by atoms with van der Waals surface area (Å²) in [6, 6.07) is 16.2. The third-order valence-corrected chi connectivity index (χ3v) is 3.52. The van der Waals surface area contributed by atoms with Crippen LogP contribution in [0.1, 0.15) is 24.5 Å². The summed E-state index contributed by atoms with van der Waals surface area (Å²) in [7, 11) is 1.66. The third kappa shape index (κ3) is 4.50. The Morgan fingerprint density at radius 2 is 1.86 bits per heavy atom. The first-order valence-corrected chi connectivity index (χ1v) is 7.32. The first kappa shape index (κ1) is 15.4. The third-order valence-electron chi connectivity index (χ3n) is 3.52. The van der Waals surface area contributed by atoms with Gasteiger partial charge in [0.15, 0.2) is 0 Å². The van der Waals surface area contributed by atoms with Crippen LogP contribution < -0.4 is 15.2 Å². The molecule has 0 aliphatic heterocycles. The molecule has 112 valence electrons. The zero-order valence-corrected chi connectivity index (χ0v) is 12.7. The molecule has 0 aliphatic carbocycles. The van der Waals surface area contributed by atoms with Gasteiger partial charge in [-0.15, -0.1) is 0 Å². The predicted octanol–water partition coefficient (Wildman–Crippen LogP) is 3.55. The fourth-order valence-corrected chi connectivity index (χ4v) is 2.13. The highest BCUT2D eigenvalue weighted by Gasteiger charge is 2.10. The Morgan fingerprint density at radius 3 is 2.52 bits per heavy atom. The molecular formula is C18H23NO2. The number of methoxy groups -OCH3 is 1. The van der Waals surface area contributed by atoms with Gasteiger partial charge in [-0.05, 0) is 30.0 Å². The van der Waals surface area contributed by atoms with Gasteiger partial charge in [-0.2, -0.15) is 0 Å². The van der Waals surface area contributed by atoms with Gasteiger partial charge in [0.25, 0.3) is 0 Å². The Kier molecular flexibility index (Phi) is 5.64. The minimum absolute atomic E-state index is 0.150. The molecule has 3 heteroatoms. The molecule has 2 rings (SSSR count). The SMILES string of the molecule is CCC(N)Cc1ccc(OC)cc1OCc1ccccc1. The molecule has 0 heterocycles. The molecule has 0 spiro atoms. The van der Waals surface area contributed by atoms with Gasteiger partial charge in [0.2, 0.25) is 0 Å². The van der Waals surface area contributed by atoms with Crippen LogP contribution in [0.2, 0.25) is 0 Å². The van der Waals surface area contributed by atoms with Crippen LogP contribution in [-0.2, 0) is 13.0 Å². The van der Waals surface area contributed by atoms with E-state index in [1.54, 1.807) is 7.11 Å². The second-order valence-electron chi connectivity index (χ2n) is 5.12. The van der Waals surface area contributed by atoms with E-state index in [0.717, 1.165) is 35.5 Å². The fraction of sp³-hybridized carbons (Fsp3) is 0.333. The van der Waals surface area contributed by atoms with Crippen LogP contribution in [0.3, 0.4) is 0 Å². The van der Waals surface area contributed by atoms with E-state index in [9.17, 15) is 0 Å². The van der Waals surface area contributed by atoms with E-state index in [-0.39, 0.29) is 6.04 Å². The highest BCUT2D eigenvalue weighted by molar-refractivity contribution is 5.41. The molecule has 0 amide bonds. The molecule has 3 nitrogen and oxygen atoms in total. The highest BCUT2D eigenvalue weighted by Crippen LogP contribution is 2.27. The van der Waals surface area contributed by atoms with E-state index in [0.29, 0.717) is 6.61 Å². The van der Waals surface area contributed by atoms with Gasteiger partial charge in [0.1, 0.15) is 18.1 Å². The Balaban J connectivity index is 2.14. The Labute approximate surface area is 126 Å². The van der Waals surface area contributed by atoms with Crippen LogP contribution >= 0.6 is 0 Å². The Morgan fingerprint density at radius 1 is 1.10 bits per heavy atom. The standard InChI is InChI=1S/C18H23NO2/c1-3-16(19)11-15-9-10-17(20-2)12-18(15)21-13-14-7-5-4-6-8-14/h4-10,12,16H,3,11,13,19H2,1-2H3. The first-order valence-electron chi connectivity index (χ1n) is 7.32. The second-order valence-corrected chi connectivity index (χ2v) is 5.12. The number of nitrogens with two attached hydrogens (primary N) is 1. The van der Waals surface area contributed by atoms with Crippen molar-refractivity contribution in [1.82, 2.24) is 0 Å². The van der Waals surface area contributed by atoms with Crippen LogP contribution in [0, 0.1) is 0 Å². The summed E-state index contributed by atoms with van der Waals surface area (Å²) in [5.41, 5.74) is 8.34. The molecule has 2 N–H and O–H groups in total. The van der Waals surface area contributed by atoms with Crippen molar-refractivity contribution in [1.29, 1.82) is 0 Å². The zero-order valence-electron chi connectivity index (χ0n) is 12.7. The van der Waals surface area contributed by atoms with Crippen molar-refractivity contribution >= 4 is 0 Å². The fourth-order valence-electron chi connectivity index (χ4n) is 2.13. The van der Waals surface area contributed by atoms with E-state index in [1.165, 1.54) is 0 Å². The number of ether oxygens (including phenoxy) is 2. The zero-order chi connectivity index (χ0) is 15.1. The monoisotopic (exact) mass is 285 g/mol.